The van der Waals surface area contributed by atoms with Crippen LogP contribution in [0.4, 0.5) is 5.69 Å². The lowest BCUT2D eigenvalue weighted by Gasteiger charge is -2.22. The number of carbonyl (C=O) groups is 2. The third-order valence-corrected chi connectivity index (χ3v) is 2.92. The van der Waals surface area contributed by atoms with Crippen LogP contribution in [0.5, 0.6) is 0 Å². The molecule has 1 aliphatic rings. The molecule has 1 fully saturated rings. The maximum Gasteiger partial charge on any atom is 0.249 e. The van der Waals surface area contributed by atoms with Crippen molar-refractivity contribution in [2.75, 3.05) is 18.5 Å². The molecule has 1 heterocycles. The van der Waals surface area contributed by atoms with E-state index < -0.39 is 11.9 Å². The lowest BCUT2D eigenvalue weighted by atomic mass is 10.2. The van der Waals surface area contributed by atoms with Gasteiger partial charge >= 0.3 is 0 Å². The SMILES string of the molecule is O=C1COCC(C(=O)Nc2cc(Cl)ccc2Cl)N1. The van der Waals surface area contributed by atoms with Crippen LogP contribution < -0.4 is 10.6 Å². The van der Waals surface area contributed by atoms with E-state index in [0.29, 0.717) is 15.7 Å². The van der Waals surface area contributed by atoms with E-state index in [2.05, 4.69) is 10.6 Å². The van der Waals surface area contributed by atoms with E-state index >= 15 is 0 Å². The molecule has 0 aliphatic carbocycles. The van der Waals surface area contributed by atoms with Gasteiger partial charge in [0.25, 0.3) is 0 Å². The number of rotatable bonds is 2. The molecule has 0 saturated carbocycles. The standard InChI is InChI=1S/C11H10Cl2N2O3/c12-6-1-2-7(13)8(3-6)15-11(17)9-4-18-5-10(16)14-9/h1-3,9H,4-5H2,(H,14,16)(H,15,17). The van der Waals surface area contributed by atoms with Gasteiger partial charge in [0.1, 0.15) is 12.6 Å². The van der Waals surface area contributed by atoms with Crippen molar-refractivity contribution in [2.45, 2.75) is 6.04 Å². The van der Waals surface area contributed by atoms with Gasteiger partial charge in [0, 0.05) is 5.02 Å². The van der Waals surface area contributed by atoms with E-state index in [4.69, 9.17) is 27.9 Å². The van der Waals surface area contributed by atoms with Gasteiger partial charge < -0.3 is 15.4 Å². The first-order valence-corrected chi connectivity index (χ1v) is 5.95. The van der Waals surface area contributed by atoms with E-state index in [1.54, 1.807) is 12.1 Å². The minimum absolute atomic E-state index is 0.0261. The lowest BCUT2D eigenvalue weighted by molar-refractivity contribution is -0.136. The number of carbonyl (C=O) groups excluding carboxylic acids is 2. The average Bonchev–Trinajstić information content (AvgIpc) is 2.34. The number of morpholine rings is 1. The van der Waals surface area contributed by atoms with Crippen LogP contribution in [0.1, 0.15) is 0 Å². The number of halogens is 2. The van der Waals surface area contributed by atoms with Crippen LogP contribution in [-0.4, -0.2) is 31.1 Å². The number of hydrogen-bond donors (Lipinski definition) is 2. The molecule has 1 unspecified atom stereocenters. The van der Waals surface area contributed by atoms with E-state index in [1.165, 1.54) is 6.07 Å². The predicted octanol–water partition coefficient (Wildman–Crippen LogP) is 1.45. The smallest absolute Gasteiger partial charge is 0.249 e. The molecule has 2 amide bonds. The largest absolute Gasteiger partial charge is 0.369 e. The highest BCUT2D eigenvalue weighted by molar-refractivity contribution is 6.35. The van der Waals surface area contributed by atoms with Crippen molar-refractivity contribution in [1.29, 1.82) is 0 Å². The van der Waals surface area contributed by atoms with Crippen molar-refractivity contribution in [3.63, 3.8) is 0 Å². The van der Waals surface area contributed by atoms with Gasteiger partial charge in [0.05, 0.1) is 17.3 Å². The third kappa shape index (κ3) is 3.13. The molecule has 96 valence electrons. The highest BCUT2D eigenvalue weighted by Crippen LogP contribution is 2.25. The molecule has 0 aromatic heterocycles. The number of benzene rings is 1. The van der Waals surface area contributed by atoms with Gasteiger partial charge in [-0.15, -0.1) is 0 Å². The fraction of sp³-hybridized carbons (Fsp3) is 0.273. The summed E-state index contributed by atoms with van der Waals surface area (Å²) >= 11 is 11.7. The second-order valence-electron chi connectivity index (χ2n) is 3.75. The van der Waals surface area contributed by atoms with Gasteiger partial charge in [-0.2, -0.15) is 0 Å². The third-order valence-electron chi connectivity index (χ3n) is 2.36. The minimum atomic E-state index is -0.721. The highest BCUT2D eigenvalue weighted by atomic mass is 35.5. The molecule has 1 aromatic carbocycles. The number of amides is 2. The Hall–Kier alpha value is -1.30. The zero-order chi connectivity index (χ0) is 13.1. The summed E-state index contributed by atoms with van der Waals surface area (Å²) in [5.41, 5.74) is 0.397. The molecule has 0 radical (unpaired) electrons. The molecule has 0 bridgehead atoms. The quantitative estimate of drug-likeness (QED) is 0.866. The zero-order valence-corrected chi connectivity index (χ0v) is 10.7. The summed E-state index contributed by atoms with van der Waals surface area (Å²) in [6.07, 6.45) is 0. The van der Waals surface area contributed by atoms with E-state index in [9.17, 15) is 9.59 Å². The van der Waals surface area contributed by atoms with Gasteiger partial charge in [-0.3, -0.25) is 9.59 Å². The van der Waals surface area contributed by atoms with Crippen LogP contribution in [0.3, 0.4) is 0 Å². The topological polar surface area (TPSA) is 67.4 Å². The van der Waals surface area contributed by atoms with Crippen LogP contribution in [0, 0.1) is 0 Å². The predicted molar refractivity (Wildman–Crippen MR) is 67.8 cm³/mol. The van der Waals surface area contributed by atoms with Gasteiger partial charge in [-0.05, 0) is 18.2 Å². The maximum absolute atomic E-state index is 11.9. The van der Waals surface area contributed by atoms with Crippen LogP contribution in [0.25, 0.3) is 0 Å². The Kier molecular flexibility index (Phi) is 4.06. The van der Waals surface area contributed by atoms with Gasteiger partial charge in [-0.25, -0.2) is 0 Å². The summed E-state index contributed by atoms with van der Waals surface area (Å²) < 4.78 is 4.98. The molecular formula is C11H10Cl2N2O3. The number of nitrogens with one attached hydrogen (secondary N) is 2. The average molecular weight is 289 g/mol. The van der Waals surface area contributed by atoms with Crippen LogP contribution >= 0.6 is 23.2 Å². The first-order chi connectivity index (χ1) is 8.56. The molecule has 1 aliphatic heterocycles. The monoisotopic (exact) mass is 288 g/mol. The van der Waals surface area contributed by atoms with Gasteiger partial charge in [0.2, 0.25) is 11.8 Å². The van der Waals surface area contributed by atoms with Crippen molar-refractivity contribution in [1.82, 2.24) is 5.32 Å². The maximum atomic E-state index is 11.9. The minimum Gasteiger partial charge on any atom is -0.369 e. The molecule has 7 heteroatoms. The van der Waals surface area contributed by atoms with Gasteiger partial charge in [0.15, 0.2) is 0 Å². The molecule has 1 saturated heterocycles. The Balaban J connectivity index is 2.06. The summed E-state index contributed by atoms with van der Waals surface area (Å²) in [5.74, 6) is -0.717. The van der Waals surface area contributed by atoms with E-state index in [1.807, 2.05) is 0 Å². The number of anilines is 1. The van der Waals surface area contributed by atoms with Crippen molar-refractivity contribution in [3.8, 4) is 0 Å². The van der Waals surface area contributed by atoms with Crippen molar-refractivity contribution in [2.24, 2.45) is 0 Å². The molecule has 1 aromatic rings. The Morgan fingerprint density at radius 1 is 1.44 bits per heavy atom. The summed E-state index contributed by atoms with van der Waals surface area (Å²) in [7, 11) is 0. The van der Waals surface area contributed by atoms with Gasteiger partial charge in [-0.1, -0.05) is 23.2 Å². The van der Waals surface area contributed by atoms with Crippen LogP contribution in [0.15, 0.2) is 18.2 Å². The Bertz CT molecular complexity index is 493. The molecule has 0 spiro atoms. The second-order valence-corrected chi connectivity index (χ2v) is 4.59. The Morgan fingerprint density at radius 3 is 2.94 bits per heavy atom. The number of ether oxygens (including phenoxy) is 1. The van der Waals surface area contributed by atoms with Crippen LogP contribution in [-0.2, 0) is 14.3 Å². The van der Waals surface area contributed by atoms with Crippen molar-refractivity contribution in [3.05, 3.63) is 28.2 Å². The summed E-state index contributed by atoms with van der Waals surface area (Å²) in [6, 6.07) is 4.01. The second kappa shape index (κ2) is 5.56. The molecule has 2 N–H and O–H groups in total. The summed E-state index contributed by atoms with van der Waals surface area (Å²) in [5, 5.41) is 5.94. The molecular weight excluding hydrogens is 279 g/mol. The summed E-state index contributed by atoms with van der Waals surface area (Å²) in [6.45, 7) is 0.109. The number of hydrogen-bond acceptors (Lipinski definition) is 3. The van der Waals surface area contributed by atoms with E-state index in [-0.39, 0.29) is 19.1 Å². The normalized spacial score (nSPS) is 19.2. The Morgan fingerprint density at radius 2 is 2.22 bits per heavy atom. The molecule has 2 rings (SSSR count). The van der Waals surface area contributed by atoms with Crippen LogP contribution in [0.2, 0.25) is 10.0 Å². The fourth-order valence-electron chi connectivity index (χ4n) is 1.50. The fourth-order valence-corrected chi connectivity index (χ4v) is 1.84. The molecule has 5 nitrogen and oxygen atoms in total. The highest BCUT2D eigenvalue weighted by Gasteiger charge is 2.25. The van der Waals surface area contributed by atoms with Crippen molar-refractivity contribution < 1.29 is 14.3 Å². The summed E-state index contributed by atoms with van der Waals surface area (Å²) in [4.78, 5) is 23.0. The van der Waals surface area contributed by atoms with Crippen molar-refractivity contribution >= 4 is 40.7 Å². The van der Waals surface area contributed by atoms with E-state index in [0.717, 1.165) is 0 Å². The molecule has 1 atom stereocenters. The Labute approximate surface area is 113 Å². The zero-order valence-electron chi connectivity index (χ0n) is 9.20. The first kappa shape index (κ1) is 13.1. The first-order valence-electron chi connectivity index (χ1n) is 5.19. The molecule has 18 heavy (non-hydrogen) atoms. The lowest BCUT2D eigenvalue weighted by Crippen LogP contribution is -2.51.